The average Bonchev–Trinajstić information content (AvgIpc) is 3.41. The summed E-state index contributed by atoms with van der Waals surface area (Å²) in [5, 5.41) is 0. The highest BCUT2D eigenvalue weighted by molar-refractivity contribution is 5.49. The Labute approximate surface area is 137 Å². The molecule has 2 aromatic rings. The molecule has 0 saturated carbocycles. The zero-order chi connectivity index (χ0) is 15.8. The lowest BCUT2D eigenvalue weighted by Crippen LogP contribution is -2.03. The Kier molecular flexibility index (Phi) is 3.83. The predicted molar refractivity (Wildman–Crippen MR) is 89.3 cm³/mol. The molecule has 0 aliphatic carbocycles. The molecule has 3 heteroatoms. The zero-order valence-corrected chi connectivity index (χ0v) is 13.7. The summed E-state index contributed by atoms with van der Waals surface area (Å²) < 4.78 is 17.2. The van der Waals surface area contributed by atoms with Crippen LogP contribution in [-0.2, 0) is 22.3 Å². The maximum absolute atomic E-state index is 6.45. The molecular formula is C20H22O3. The molecule has 0 spiro atoms. The SMILES string of the molecule is Cc1cccc(CC2CO2)c1Oc1c(C)cccc1CC1CO1. The van der Waals surface area contributed by atoms with Gasteiger partial charge in [-0.15, -0.1) is 0 Å². The lowest BCUT2D eigenvalue weighted by Gasteiger charge is -2.18. The second-order valence-electron chi connectivity index (χ2n) is 6.55. The fourth-order valence-corrected chi connectivity index (χ4v) is 3.00. The average molecular weight is 310 g/mol. The number of epoxide rings is 2. The summed E-state index contributed by atoms with van der Waals surface area (Å²) in [4.78, 5) is 0. The normalized spacial score (nSPS) is 22.0. The van der Waals surface area contributed by atoms with Crippen molar-refractivity contribution in [2.45, 2.75) is 38.9 Å². The van der Waals surface area contributed by atoms with Gasteiger partial charge < -0.3 is 14.2 Å². The Morgan fingerprint density at radius 1 is 0.826 bits per heavy atom. The molecule has 0 bridgehead atoms. The van der Waals surface area contributed by atoms with Gasteiger partial charge in [-0.05, 0) is 36.1 Å². The minimum atomic E-state index is 0.357. The van der Waals surface area contributed by atoms with Crippen LogP contribution in [0.4, 0.5) is 0 Å². The number of ether oxygens (including phenoxy) is 3. The van der Waals surface area contributed by atoms with Crippen LogP contribution in [0.2, 0.25) is 0 Å². The number of rotatable bonds is 6. The Balaban J connectivity index is 1.67. The third kappa shape index (κ3) is 3.41. The Morgan fingerprint density at radius 3 is 1.65 bits per heavy atom. The van der Waals surface area contributed by atoms with Gasteiger partial charge in [0.15, 0.2) is 0 Å². The molecule has 2 heterocycles. The van der Waals surface area contributed by atoms with Crippen molar-refractivity contribution in [3.63, 3.8) is 0 Å². The van der Waals surface area contributed by atoms with Crippen LogP contribution in [0.15, 0.2) is 36.4 Å². The first-order valence-electron chi connectivity index (χ1n) is 8.29. The molecule has 2 fully saturated rings. The van der Waals surface area contributed by atoms with Crippen molar-refractivity contribution in [1.29, 1.82) is 0 Å². The predicted octanol–water partition coefficient (Wildman–Crippen LogP) is 3.98. The van der Waals surface area contributed by atoms with Crippen LogP contribution in [0, 0.1) is 13.8 Å². The quantitative estimate of drug-likeness (QED) is 0.757. The Hall–Kier alpha value is -1.84. The summed E-state index contributed by atoms with van der Waals surface area (Å²) in [6, 6.07) is 12.7. The Morgan fingerprint density at radius 2 is 1.26 bits per heavy atom. The zero-order valence-electron chi connectivity index (χ0n) is 13.7. The Bertz CT molecular complexity index is 653. The van der Waals surface area contributed by atoms with E-state index < -0.39 is 0 Å². The molecule has 2 saturated heterocycles. The van der Waals surface area contributed by atoms with E-state index in [0.29, 0.717) is 12.2 Å². The summed E-state index contributed by atoms with van der Waals surface area (Å²) in [5.41, 5.74) is 4.79. The van der Waals surface area contributed by atoms with Crippen molar-refractivity contribution in [3.8, 4) is 11.5 Å². The van der Waals surface area contributed by atoms with Gasteiger partial charge in [-0.3, -0.25) is 0 Å². The van der Waals surface area contributed by atoms with Crippen molar-refractivity contribution in [2.75, 3.05) is 13.2 Å². The van der Waals surface area contributed by atoms with Crippen LogP contribution < -0.4 is 4.74 Å². The first-order valence-corrected chi connectivity index (χ1v) is 8.29. The first-order chi connectivity index (χ1) is 11.2. The molecule has 2 aromatic carbocycles. The standard InChI is InChI=1S/C20H22O3/c1-13-5-3-7-15(9-17-11-21-17)19(13)23-20-14(2)6-4-8-16(20)10-18-12-22-18/h3-8,17-18H,9-12H2,1-2H3. The van der Waals surface area contributed by atoms with Crippen molar-refractivity contribution in [1.82, 2.24) is 0 Å². The topological polar surface area (TPSA) is 34.3 Å². The third-order valence-corrected chi connectivity index (χ3v) is 4.49. The summed E-state index contributed by atoms with van der Waals surface area (Å²) in [6.45, 7) is 5.94. The number of aryl methyl sites for hydroxylation is 2. The monoisotopic (exact) mass is 310 g/mol. The highest BCUT2D eigenvalue weighted by atomic mass is 16.6. The molecule has 2 unspecified atom stereocenters. The van der Waals surface area contributed by atoms with Crippen LogP contribution in [0.1, 0.15) is 22.3 Å². The van der Waals surface area contributed by atoms with Gasteiger partial charge in [0.25, 0.3) is 0 Å². The minimum absolute atomic E-state index is 0.357. The van der Waals surface area contributed by atoms with E-state index >= 15 is 0 Å². The molecular weight excluding hydrogens is 288 g/mol. The molecule has 120 valence electrons. The summed E-state index contributed by atoms with van der Waals surface area (Å²) in [5.74, 6) is 1.96. The number of benzene rings is 2. The number of hydrogen-bond acceptors (Lipinski definition) is 3. The molecule has 0 radical (unpaired) electrons. The van der Waals surface area contributed by atoms with Crippen LogP contribution in [-0.4, -0.2) is 25.4 Å². The number of hydrogen-bond donors (Lipinski definition) is 0. The number of para-hydroxylation sites is 2. The van der Waals surface area contributed by atoms with Crippen LogP contribution in [0.3, 0.4) is 0 Å². The van der Waals surface area contributed by atoms with Gasteiger partial charge in [-0.25, -0.2) is 0 Å². The van der Waals surface area contributed by atoms with Gasteiger partial charge >= 0.3 is 0 Å². The molecule has 23 heavy (non-hydrogen) atoms. The van der Waals surface area contributed by atoms with E-state index in [9.17, 15) is 0 Å². The summed E-state index contributed by atoms with van der Waals surface area (Å²) in [7, 11) is 0. The van der Waals surface area contributed by atoms with Crippen molar-refractivity contribution < 1.29 is 14.2 Å². The second kappa shape index (κ2) is 5.99. The van der Waals surface area contributed by atoms with Crippen molar-refractivity contribution in [2.24, 2.45) is 0 Å². The summed E-state index contributed by atoms with van der Waals surface area (Å²) in [6.07, 6.45) is 2.55. The van der Waals surface area contributed by atoms with Gasteiger partial charge in [0, 0.05) is 12.8 Å². The van der Waals surface area contributed by atoms with E-state index in [1.807, 2.05) is 0 Å². The maximum Gasteiger partial charge on any atom is 0.133 e. The minimum Gasteiger partial charge on any atom is -0.456 e. The molecule has 4 rings (SSSR count). The van der Waals surface area contributed by atoms with E-state index in [1.165, 1.54) is 22.3 Å². The van der Waals surface area contributed by atoms with Gasteiger partial charge in [0.05, 0.1) is 25.4 Å². The molecule has 0 amide bonds. The van der Waals surface area contributed by atoms with E-state index in [0.717, 1.165) is 37.6 Å². The van der Waals surface area contributed by atoms with E-state index in [1.54, 1.807) is 0 Å². The van der Waals surface area contributed by atoms with E-state index in [2.05, 4.69) is 50.2 Å². The first kappa shape index (κ1) is 14.7. The third-order valence-electron chi connectivity index (χ3n) is 4.49. The largest absolute Gasteiger partial charge is 0.456 e. The fourth-order valence-electron chi connectivity index (χ4n) is 3.00. The molecule has 0 aromatic heterocycles. The van der Waals surface area contributed by atoms with Crippen LogP contribution >= 0.6 is 0 Å². The highest BCUT2D eigenvalue weighted by Gasteiger charge is 2.27. The maximum atomic E-state index is 6.45. The van der Waals surface area contributed by atoms with Gasteiger partial charge in [0.2, 0.25) is 0 Å². The van der Waals surface area contributed by atoms with Crippen molar-refractivity contribution in [3.05, 3.63) is 58.7 Å². The highest BCUT2D eigenvalue weighted by Crippen LogP contribution is 2.36. The molecule has 3 nitrogen and oxygen atoms in total. The second-order valence-corrected chi connectivity index (χ2v) is 6.55. The van der Waals surface area contributed by atoms with Gasteiger partial charge in [0.1, 0.15) is 11.5 Å². The van der Waals surface area contributed by atoms with Crippen LogP contribution in [0.5, 0.6) is 11.5 Å². The van der Waals surface area contributed by atoms with Crippen molar-refractivity contribution >= 4 is 0 Å². The molecule has 2 aliphatic heterocycles. The molecule has 2 atom stereocenters. The summed E-state index contributed by atoms with van der Waals surface area (Å²) >= 11 is 0. The smallest absolute Gasteiger partial charge is 0.133 e. The lowest BCUT2D eigenvalue weighted by molar-refractivity contribution is 0.397. The van der Waals surface area contributed by atoms with E-state index in [4.69, 9.17) is 14.2 Å². The lowest BCUT2D eigenvalue weighted by atomic mass is 10.0. The van der Waals surface area contributed by atoms with Gasteiger partial charge in [-0.1, -0.05) is 36.4 Å². The van der Waals surface area contributed by atoms with Gasteiger partial charge in [-0.2, -0.15) is 0 Å². The molecule has 2 aliphatic rings. The van der Waals surface area contributed by atoms with Crippen LogP contribution in [0.25, 0.3) is 0 Å². The molecule has 0 N–H and O–H groups in total. The van der Waals surface area contributed by atoms with E-state index in [-0.39, 0.29) is 0 Å². The fraction of sp³-hybridized carbons (Fsp3) is 0.400.